The SMILES string of the molecule is Cc1ccc(C(NC(=O)CSc2nc(C)cs2)C2CC2)cc1. The van der Waals surface area contributed by atoms with Crippen LogP contribution in [0, 0.1) is 19.8 Å². The van der Waals surface area contributed by atoms with E-state index in [4.69, 9.17) is 0 Å². The number of rotatable bonds is 6. The van der Waals surface area contributed by atoms with Gasteiger partial charge in [0.1, 0.15) is 0 Å². The normalized spacial score (nSPS) is 15.5. The highest BCUT2D eigenvalue weighted by atomic mass is 32.2. The maximum Gasteiger partial charge on any atom is 0.230 e. The van der Waals surface area contributed by atoms with Gasteiger partial charge in [-0.05, 0) is 38.2 Å². The number of hydrogen-bond donors (Lipinski definition) is 1. The lowest BCUT2D eigenvalue weighted by Crippen LogP contribution is -2.31. The molecule has 2 aromatic rings. The summed E-state index contributed by atoms with van der Waals surface area (Å²) in [5.41, 5.74) is 3.49. The summed E-state index contributed by atoms with van der Waals surface area (Å²) in [6.45, 7) is 4.06. The summed E-state index contributed by atoms with van der Waals surface area (Å²) in [5.74, 6) is 1.12. The molecule has 1 aliphatic rings. The van der Waals surface area contributed by atoms with E-state index < -0.39 is 0 Å². The average molecular weight is 332 g/mol. The number of carbonyl (C=O) groups excluding carboxylic acids is 1. The summed E-state index contributed by atoms with van der Waals surface area (Å²) >= 11 is 3.12. The van der Waals surface area contributed by atoms with Gasteiger partial charge in [0.2, 0.25) is 5.91 Å². The molecule has 0 aliphatic heterocycles. The van der Waals surface area contributed by atoms with Crippen LogP contribution in [0.1, 0.15) is 35.7 Å². The van der Waals surface area contributed by atoms with Crippen molar-refractivity contribution in [1.82, 2.24) is 10.3 Å². The van der Waals surface area contributed by atoms with Crippen LogP contribution in [0.25, 0.3) is 0 Å². The van der Waals surface area contributed by atoms with E-state index in [1.807, 2.05) is 12.3 Å². The van der Waals surface area contributed by atoms with Crippen LogP contribution in [0.4, 0.5) is 0 Å². The van der Waals surface area contributed by atoms with Crippen LogP contribution < -0.4 is 5.32 Å². The molecule has 1 fully saturated rings. The van der Waals surface area contributed by atoms with E-state index in [1.54, 1.807) is 11.3 Å². The maximum absolute atomic E-state index is 12.3. The molecule has 0 bridgehead atoms. The summed E-state index contributed by atoms with van der Waals surface area (Å²) in [5, 5.41) is 5.22. The van der Waals surface area contributed by atoms with E-state index in [0.717, 1.165) is 10.0 Å². The van der Waals surface area contributed by atoms with Crippen molar-refractivity contribution in [2.45, 2.75) is 37.1 Å². The Morgan fingerprint density at radius 1 is 1.36 bits per heavy atom. The molecule has 1 heterocycles. The van der Waals surface area contributed by atoms with Gasteiger partial charge in [-0.15, -0.1) is 11.3 Å². The second-order valence-electron chi connectivity index (χ2n) is 5.84. The molecule has 0 radical (unpaired) electrons. The molecule has 1 saturated carbocycles. The zero-order valence-electron chi connectivity index (χ0n) is 12.8. The van der Waals surface area contributed by atoms with Crippen LogP contribution >= 0.6 is 23.1 Å². The van der Waals surface area contributed by atoms with Crippen molar-refractivity contribution in [3.63, 3.8) is 0 Å². The molecule has 116 valence electrons. The minimum atomic E-state index is 0.0929. The molecule has 22 heavy (non-hydrogen) atoms. The zero-order chi connectivity index (χ0) is 15.5. The number of aryl methyl sites for hydroxylation is 2. The van der Waals surface area contributed by atoms with Crippen LogP contribution in [0.2, 0.25) is 0 Å². The smallest absolute Gasteiger partial charge is 0.230 e. The van der Waals surface area contributed by atoms with Crippen molar-refractivity contribution in [1.29, 1.82) is 0 Å². The number of benzene rings is 1. The second kappa shape index (κ2) is 6.84. The minimum absolute atomic E-state index is 0.0929. The average Bonchev–Trinajstić information content (AvgIpc) is 3.26. The number of carbonyl (C=O) groups is 1. The Balaban J connectivity index is 1.59. The van der Waals surface area contributed by atoms with Gasteiger partial charge in [0, 0.05) is 11.1 Å². The summed E-state index contributed by atoms with van der Waals surface area (Å²) in [6, 6.07) is 8.66. The van der Waals surface area contributed by atoms with Crippen molar-refractivity contribution in [3.8, 4) is 0 Å². The van der Waals surface area contributed by atoms with E-state index in [0.29, 0.717) is 11.7 Å². The molecule has 1 aromatic carbocycles. The number of thioether (sulfide) groups is 1. The van der Waals surface area contributed by atoms with Gasteiger partial charge in [-0.1, -0.05) is 41.6 Å². The first-order valence-corrected chi connectivity index (χ1v) is 9.39. The van der Waals surface area contributed by atoms with Gasteiger partial charge >= 0.3 is 0 Å². The molecule has 1 atom stereocenters. The topological polar surface area (TPSA) is 42.0 Å². The monoisotopic (exact) mass is 332 g/mol. The Kier molecular flexibility index (Phi) is 4.84. The first-order chi connectivity index (χ1) is 10.6. The van der Waals surface area contributed by atoms with Crippen molar-refractivity contribution in [2.24, 2.45) is 5.92 Å². The Morgan fingerprint density at radius 3 is 2.68 bits per heavy atom. The van der Waals surface area contributed by atoms with Gasteiger partial charge < -0.3 is 5.32 Å². The van der Waals surface area contributed by atoms with E-state index in [-0.39, 0.29) is 11.9 Å². The van der Waals surface area contributed by atoms with Crippen LogP contribution in [-0.4, -0.2) is 16.6 Å². The lowest BCUT2D eigenvalue weighted by Gasteiger charge is -2.19. The van der Waals surface area contributed by atoms with Gasteiger partial charge in [-0.25, -0.2) is 4.98 Å². The third-order valence-corrected chi connectivity index (χ3v) is 5.91. The lowest BCUT2D eigenvalue weighted by molar-refractivity contribution is -0.119. The summed E-state index contributed by atoms with van der Waals surface area (Å²) in [6.07, 6.45) is 2.41. The first kappa shape index (κ1) is 15.6. The first-order valence-electron chi connectivity index (χ1n) is 7.52. The van der Waals surface area contributed by atoms with Gasteiger partial charge in [0.15, 0.2) is 4.34 Å². The van der Waals surface area contributed by atoms with Gasteiger partial charge in [0.25, 0.3) is 0 Å². The zero-order valence-corrected chi connectivity index (χ0v) is 14.5. The molecule has 0 saturated heterocycles. The van der Waals surface area contributed by atoms with E-state index >= 15 is 0 Å². The molecule has 1 amide bonds. The minimum Gasteiger partial charge on any atom is -0.348 e. The molecule has 3 nitrogen and oxygen atoms in total. The fourth-order valence-corrected chi connectivity index (χ4v) is 4.08. The number of aromatic nitrogens is 1. The van der Waals surface area contributed by atoms with Crippen LogP contribution in [-0.2, 0) is 4.79 Å². The largest absolute Gasteiger partial charge is 0.348 e. The summed E-state index contributed by atoms with van der Waals surface area (Å²) in [4.78, 5) is 16.6. The molecule has 1 aliphatic carbocycles. The third kappa shape index (κ3) is 4.11. The van der Waals surface area contributed by atoms with Crippen LogP contribution in [0.15, 0.2) is 34.0 Å². The molecule has 0 spiro atoms. The molecule has 1 aromatic heterocycles. The number of thiazole rings is 1. The fourth-order valence-electron chi connectivity index (χ4n) is 2.42. The standard InChI is InChI=1S/C17H20N2OS2/c1-11-3-5-13(6-4-11)16(14-7-8-14)19-15(20)10-22-17-18-12(2)9-21-17/h3-6,9,14,16H,7-8,10H2,1-2H3,(H,19,20). The fraction of sp³-hybridized carbons (Fsp3) is 0.412. The molecule has 1 unspecified atom stereocenters. The predicted molar refractivity (Wildman–Crippen MR) is 92.4 cm³/mol. The van der Waals surface area contributed by atoms with E-state index in [1.165, 1.54) is 35.7 Å². The Bertz CT molecular complexity index is 647. The quantitative estimate of drug-likeness (QED) is 0.809. The van der Waals surface area contributed by atoms with Crippen molar-refractivity contribution >= 4 is 29.0 Å². The van der Waals surface area contributed by atoms with Gasteiger partial charge in [-0.2, -0.15) is 0 Å². The number of nitrogens with zero attached hydrogens (tertiary/aromatic N) is 1. The number of amides is 1. The Labute approximate surface area is 139 Å². The number of hydrogen-bond acceptors (Lipinski definition) is 4. The summed E-state index contributed by atoms with van der Waals surface area (Å²) < 4.78 is 0.964. The highest BCUT2D eigenvalue weighted by Crippen LogP contribution is 2.41. The van der Waals surface area contributed by atoms with Gasteiger partial charge in [0.05, 0.1) is 11.8 Å². The highest BCUT2D eigenvalue weighted by Gasteiger charge is 2.33. The predicted octanol–water partition coefficient (Wildman–Crippen LogP) is 4.12. The van der Waals surface area contributed by atoms with Crippen molar-refractivity contribution in [3.05, 3.63) is 46.5 Å². The van der Waals surface area contributed by atoms with Crippen molar-refractivity contribution < 1.29 is 4.79 Å². The van der Waals surface area contributed by atoms with Gasteiger partial charge in [-0.3, -0.25) is 4.79 Å². The third-order valence-electron chi connectivity index (χ3n) is 3.77. The lowest BCUT2D eigenvalue weighted by atomic mass is 10.0. The highest BCUT2D eigenvalue weighted by molar-refractivity contribution is 8.01. The van der Waals surface area contributed by atoms with Crippen LogP contribution in [0.3, 0.4) is 0 Å². The molecule has 5 heteroatoms. The van der Waals surface area contributed by atoms with E-state index in [2.05, 4.69) is 41.5 Å². The summed E-state index contributed by atoms with van der Waals surface area (Å²) in [7, 11) is 0. The van der Waals surface area contributed by atoms with E-state index in [9.17, 15) is 4.79 Å². The molecule has 3 rings (SSSR count). The molecule has 1 N–H and O–H groups in total. The molecular formula is C17H20N2OS2. The van der Waals surface area contributed by atoms with Crippen molar-refractivity contribution in [2.75, 3.05) is 5.75 Å². The maximum atomic E-state index is 12.3. The Hall–Kier alpha value is -1.33. The molecular weight excluding hydrogens is 312 g/mol. The second-order valence-corrected chi connectivity index (χ2v) is 7.92. The van der Waals surface area contributed by atoms with Crippen LogP contribution in [0.5, 0.6) is 0 Å². The Morgan fingerprint density at radius 2 is 2.09 bits per heavy atom. The number of nitrogens with one attached hydrogen (secondary N) is 1.